The highest BCUT2D eigenvalue weighted by atomic mass is 35.5. The van der Waals surface area contributed by atoms with Gasteiger partial charge in [0.15, 0.2) is 6.61 Å². The minimum Gasteiger partial charge on any atom is -0.494 e. The lowest BCUT2D eigenvalue weighted by molar-refractivity contribution is -0.123. The summed E-state index contributed by atoms with van der Waals surface area (Å²) in [6.07, 6.45) is 1.64. The lowest BCUT2D eigenvalue weighted by Gasteiger charge is -2.15. The molecule has 27 heavy (non-hydrogen) atoms. The van der Waals surface area contributed by atoms with E-state index in [2.05, 4.69) is 24.4 Å². The van der Waals surface area contributed by atoms with Crippen LogP contribution in [-0.2, 0) is 4.79 Å². The van der Waals surface area contributed by atoms with E-state index in [4.69, 9.17) is 21.1 Å². The molecule has 0 unspecified atom stereocenters. The number of hydrazone groups is 1. The SMILES string of the molecule is CCOc1cc(C)c(/C=N\NC(=O)COc2ccc(Cl)cc2)cc1C(C)C. The molecule has 6 heteroatoms. The van der Waals surface area contributed by atoms with E-state index in [9.17, 15) is 4.79 Å². The van der Waals surface area contributed by atoms with Crippen LogP contribution in [0, 0.1) is 6.92 Å². The van der Waals surface area contributed by atoms with Crippen molar-refractivity contribution in [3.63, 3.8) is 0 Å². The molecule has 0 atom stereocenters. The van der Waals surface area contributed by atoms with Gasteiger partial charge in [-0.15, -0.1) is 0 Å². The zero-order valence-corrected chi connectivity index (χ0v) is 16.8. The summed E-state index contributed by atoms with van der Waals surface area (Å²) in [5.41, 5.74) is 5.55. The first kappa shape index (κ1) is 20.8. The van der Waals surface area contributed by atoms with Gasteiger partial charge in [0, 0.05) is 5.02 Å². The number of rotatable bonds is 8. The lowest BCUT2D eigenvalue weighted by atomic mass is 9.97. The number of nitrogens with one attached hydrogen (secondary N) is 1. The number of nitrogens with zero attached hydrogens (tertiary/aromatic N) is 1. The molecule has 0 radical (unpaired) electrons. The molecule has 0 aliphatic heterocycles. The van der Waals surface area contributed by atoms with E-state index < -0.39 is 0 Å². The molecular weight excluding hydrogens is 364 g/mol. The number of amides is 1. The molecule has 2 aromatic rings. The molecule has 0 bridgehead atoms. The van der Waals surface area contributed by atoms with Crippen molar-refractivity contribution in [2.45, 2.75) is 33.6 Å². The summed E-state index contributed by atoms with van der Waals surface area (Å²) < 4.78 is 11.1. The summed E-state index contributed by atoms with van der Waals surface area (Å²) >= 11 is 5.81. The molecule has 144 valence electrons. The molecule has 0 fully saturated rings. The Morgan fingerprint density at radius 3 is 2.56 bits per heavy atom. The third kappa shape index (κ3) is 6.29. The highest BCUT2D eigenvalue weighted by Gasteiger charge is 2.11. The second-order valence-corrected chi connectivity index (χ2v) is 6.81. The summed E-state index contributed by atoms with van der Waals surface area (Å²) in [6, 6.07) is 10.9. The Bertz CT molecular complexity index is 802. The molecule has 0 aliphatic rings. The van der Waals surface area contributed by atoms with Crippen molar-refractivity contribution in [3.8, 4) is 11.5 Å². The van der Waals surface area contributed by atoms with Crippen LogP contribution < -0.4 is 14.9 Å². The summed E-state index contributed by atoms with van der Waals surface area (Å²) in [4.78, 5) is 11.9. The van der Waals surface area contributed by atoms with Gasteiger partial charge >= 0.3 is 0 Å². The number of ether oxygens (including phenoxy) is 2. The summed E-state index contributed by atoms with van der Waals surface area (Å²) in [5, 5.41) is 4.65. The van der Waals surface area contributed by atoms with Gasteiger partial charge in [0.05, 0.1) is 12.8 Å². The van der Waals surface area contributed by atoms with Crippen LogP contribution in [0.3, 0.4) is 0 Å². The normalized spacial score (nSPS) is 11.0. The first-order valence-electron chi connectivity index (χ1n) is 8.88. The molecule has 0 aliphatic carbocycles. The molecule has 2 aromatic carbocycles. The summed E-state index contributed by atoms with van der Waals surface area (Å²) in [7, 11) is 0. The fraction of sp³-hybridized carbons (Fsp3) is 0.333. The zero-order chi connectivity index (χ0) is 19.8. The minimum absolute atomic E-state index is 0.127. The van der Waals surface area contributed by atoms with Crippen LogP contribution in [0.5, 0.6) is 11.5 Å². The van der Waals surface area contributed by atoms with Crippen molar-refractivity contribution in [1.29, 1.82) is 0 Å². The molecule has 1 N–H and O–H groups in total. The fourth-order valence-electron chi connectivity index (χ4n) is 2.47. The quantitative estimate of drug-likeness (QED) is 0.526. The van der Waals surface area contributed by atoms with Crippen molar-refractivity contribution in [2.75, 3.05) is 13.2 Å². The summed E-state index contributed by atoms with van der Waals surface area (Å²) in [5.74, 6) is 1.44. The first-order valence-corrected chi connectivity index (χ1v) is 9.26. The number of benzene rings is 2. The van der Waals surface area contributed by atoms with Crippen molar-refractivity contribution in [1.82, 2.24) is 5.43 Å². The molecule has 0 saturated carbocycles. The van der Waals surface area contributed by atoms with Crippen LogP contribution in [0.25, 0.3) is 0 Å². The van der Waals surface area contributed by atoms with Crippen LogP contribution in [0.2, 0.25) is 5.02 Å². The Morgan fingerprint density at radius 1 is 1.22 bits per heavy atom. The van der Waals surface area contributed by atoms with E-state index in [0.717, 1.165) is 22.4 Å². The number of hydrogen-bond donors (Lipinski definition) is 1. The maximum atomic E-state index is 11.9. The van der Waals surface area contributed by atoms with E-state index in [1.54, 1.807) is 30.5 Å². The second kappa shape index (κ2) is 9.97. The van der Waals surface area contributed by atoms with Gasteiger partial charge in [-0.1, -0.05) is 25.4 Å². The largest absolute Gasteiger partial charge is 0.494 e. The molecule has 0 heterocycles. The number of hydrogen-bond acceptors (Lipinski definition) is 4. The van der Waals surface area contributed by atoms with E-state index in [1.807, 2.05) is 26.0 Å². The minimum atomic E-state index is -0.339. The third-order valence-corrected chi connectivity index (χ3v) is 4.15. The van der Waals surface area contributed by atoms with Gasteiger partial charge in [-0.25, -0.2) is 5.43 Å². The maximum absolute atomic E-state index is 11.9. The van der Waals surface area contributed by atoms with E-state index in [0.29, 0.717) is 23.3 Å². The number of halogens is 1. The average molecular weight is 389 g/mol. The van der Waals surface area contributed by atoms with Crippen molar-refractivity contribution in [2.24, 2.45) is 5.10 Å². The molecular formula is C21H25ClN2O3. The molecule has 5 nitrogen and oxygen atoms in total. The Balaban J connectivity index is 1.97. The van der Waals surface area contributed by atoms with E-state index in [1.165, 1.54) is 0 Å². The Labute approximate surface area is 165 Å². The van der Waals surface area contributed by atoms with Gasteiger partial charge < -0.3 is 9.47 Å². The van der Waals surface area contributed by atoms with Crippen LogP contribution in [0.4, 0.5) is 0 Å². The smallest absolute Gasteiger partial charge is 0.277 e. The van der Waals surface area contributed by atoms with Crippen LogP contribution in [-0.4, -0.2) is 25.3 Å². The third-order valence-electron chi connectivity index (χ3n) is 3.90. The standard InChI is InChI=1S/C21H25ClN2O3/c1-5-26-20-10-15(4)16(11-19(20)14(2)3)12-23-24-21(25)13-27-18-8-6-17(22)7-9-18/h6-12,14H,5,13H2,1-4H3,(H,24,25)/b23-12-. The Kier molecular flexibility index (Phi) is 7.67. The average Bonchev–Trinajstić information content (AvgIpc) is 2.63. The number of carbonyl (C=O) groups excluding carboxylic acids is 1. The van der Waals surface area contributed by atoms with Gasteiger partial charge in [-0.2, -0.15) is 5.10 Å². The second-order valence-electron chi connectivity index (χ2n) is 6.37. The van der Waals surface area contributed by atoms with Crippen molar-refractivity contribution in [3.05, 3.63) is 58.1 Å². The monoisotopic (exact) mass is 388 g/mol. The first-order chi connectivity index (χ1) is 12.9. The van der Waals surface area contributed by atoms with Gasteiger partial charge in [-0.3, -0.25) is 4.79 Å². The van der Waals surface area contributed by atoms with Gasteiger partial charge in [-0.05, 0) is 72.9 Å². The maximum Gasteiger partial charge on any atom is 0.277 e. The van der Waals surface area contributed by atoms with Gasteiger partial charge in [0.2, 0.25) is 0 Å². The van der Waals surface area contributed by atoms with E-state index >= 15 is 0 Å². The number of carbonyl (C=O) groups is 1. The predicted octanol–water partition coefficient (Wildman–Crippen LogP) is 4.70. The van der Waals surface area contributed by atoms with E-state index in [-0.39, 0.29) is 12.5 Å². The van der Waals surface area contributed by atoms with Crippen LogP contribution in [0.15, 0.2) is 41.5 Å². The fourth-order valence-corrected chi connectivity index (χ4v) is 2.60. The van der Waals surface area contributed by atoms with Crippen LogP contribution in [0.1, 0.15) is 43.4 Å². The lowest BCUT2D eigenvalue weighted by Crippen LogP contribution is -2.24. The molecule has 0 aromatic heterocycles. The molecule has 0 spiro atoms. The Hall–Kier alpha value is -2.53. The molecule has 0 saturated heterocycles. The van der Waals surface area contributed by atoms with Crippen molar-refractivity contribution < 1.29 is 14.3 Å². The van der Waals surface area contributed by atoms with Gasteiger partial charge in [0.1, 0.15) is 11.5 Å². The summed E-state index contributed by atoms with van der Waals surface area (Å²) in [6.45, 7) is 8.68. The topological polar surface area (TPSA) is 59.9 Å². The molecule has 1 amide bonds. The van der Waals surface area contributed by atoms with Crippen LogP contribution >= 0.6 is 11.6 Å². The predicted molar refractivity (Wildman–Crippen MR) is 109 cm³/mol. The zero-order valence-electron chi connectivity index (χ0n) is 16.1. The number of aryl methyl sites for hydroxylation is 1. The van der Waals surface area contributed by atoms with Gasteiger partial charge in [0.25, 0.3) is 5.91 Å². The molecule has 2 rings (SSSR count). The highest BCUT2D eigenvalue weighted by molar-refractivity contribution is 6.30. The highest BCUT2D eigenvalue weighted by Crippen LogP contribution is 2.29. The van der Waals surface area contributed by atoms with Crippen molar-refractivity contribution >= 4 is 23.7 Å². The Morgan fingerprint density at radius 2 is 1.93 bits per heavy atom.